The highest BCUT2D eigenvalue weighted by Gasteiger charge is 2.13. The molecule has 0 saturated heterocycles. The first kappa shape index (κ1) is 8.96. The number of hydrogen-bond donors (Lipinski definition) is 1. The fourth-order valence-electron chi connectivity index (χ4n) is 1.33. The van der Waals surface area contributed by atoms with Crippen LogP contribution in [0.25, 0.3) is 11.6 Å². The summed E-state index contributed by atoms with van der Waals surface area (Å²) in [4.78, 5) is 4.20. The van der Waals surface area contributed by atoms with Crippen molar-refractivity contribution in [1.29, 1.82) is 0 Å². The maximum absolute atomic E-state index is 5.59. The molecular formula is C9H12N4O. The van der Waals surface area contributed by atoms with Gasteiger partial charge in [0.15, 0.2) is 5.69 Å². The van der Waals surface area contributed by atoms with Gasteiger partial charge in [0, 0.05) is 25.4 Å². The zero-order valence-corrected chi connectivity index (χ0v) is 8.19. The molecule has 0 fully saturated rings. The predicted octanol–water partition coefficient (Wildman–Crippen LogP) is 0.842. The molecule has 0 saturated carbocycles. The zero-order chi connectivity index (χ0) is 10.1. The third-order valence-corrected chi connectivity index (χ3v) is 1.95. The molecule has 0 bridgehead atoms. The van der Waals surface area contributed by atoms with Crippen LogP contribution < -0.4 is 5.73 Å². The van der Waals surface area contributed by atoms with Crippen LogP contribution in [0.15, 0.2) is 16.9 Å². The number of nitrogens with two attached hydrogens (primary N) is 1. The summed E-state index contributed by atoms with van der Waals surface area (Å²) < 4.78 is 6.97. The van der Waals surface area contributed by atoms with Gasteiger partial charge in [0.05, 0.1) is 5.69 Å². The minimum atomic E-state index is 0.435. The summed E-state index contributed by atoms with van der Waals surface area (Å²) in [6.07, 6.45) is 3.47. The normalized spacial score (nSPS) is 10.8. The summed E-state index contributed by atoms with van der Waals surface area (Å²) in [6, 6.07) is 0. The minimum absolute atomic E-state index is 0.435. The average molecular weight is 192 g/mol. The van der Waals surface area contributed by atoms with Crippen LogP contribution in [0.2, 0.25) is 0 Å². The summed E-state index contributed by atoms with van der Waals surface area (Å²) in [5, 5.41) is 4.25. The molecule has 5 nitrogen and oxygen atoms in total. The monoisotopic (exact) mass is 192 g/mol. The summed E-state index contributed by atoms with van der Waals surface area (Å²) in [7, 11) is 1.85. The van der Waals surface area contributed by atoms with Gasteiger partial charge in [-0.1, -0.05) is 0 Å². The van der Waals surface area contributed by atoms with Gasteiger partial charge in [0.2, 0.25) is 5.89 Å². The fourth-order valence-corrected chi connectivity index (χ4v) is 1.33. The van der Waals surface area contributed by atoms with Crippen LogP contribution in [0.5, 0.6) is 0 Å². The molecule has 2 rings (SSSR count). The molecule has 0 aliphatic carbocycles. The van der Waals surface area contributed by atoms with Crippen LogP contribution in [-0.2, 0) is 13.6 Å². The van der Waals surface area contributed by atoms with E-state index in [1.54, 1.807) is 10.9 Å². The Morgan fingerprint density at radius 1 is 1.57 bits per heavy atom. The van der Waals surface area contributed by atoms with Crippen LogP contribution in [0, 0.1) is 6.92 Å². The molecule has 0 unspecified atom stereocenters. The molecule has 0 aliphatic heterocycles. The van der Waals surface area contributed by atoms with Gasteiger partial charge in [-0.2, -0.15) is 5.10 Å². The lowest BCUT2D eigenvalue weighted by molar-refractivity contribution is 0.568. The van der Waals surface area contributed by atoms with Crippen LogP contribution >= 0.6 is 0 Å². The summed E-state index contributed by atoms with van der Waals surface area (Å²) in [5.41, 5.74) is 8.09. The van der Waals surface area contributed by atoms with Crippen LogP contribution in [0.1, 0.15) is 11.3 Å². The van der Waals surface area contributed by atoms with E-state index < -0.39 is 0 Å². The SMILES string of the molecule is Cc1coc(-c2nn(C)cc2CN)n1. The molecule has 0 radical (unpaired) electrons. The van der Waals surface area contributed by atoms with E-state index in [0.29, 0.717) is 12.4 Å². The lowest BCUT2D eigenvalue weighted by Gasteiger charge is -1.91. The Kier molecular flexibility index (Phi) is 2.09. The summed E-state index contributed by atoms with van der Waals surface area (Å²) >= 11 is 0. The van der Waals surface area contributed by atoms with Crippen LogP contribution in [0.4, 0.5) is 0 Å². The van der Waals surface area contributed by atoms with E-state index >= 15 is 0 Å². The zero-order valence-electron chi connectivity index (χ0n) is 8.19. The van der Waals surface area contributed by atoms with Crippen molar-refractivity contribution < 1.29 is 4.42 Å². The molecule has 0 spiro atoms. The Hall–Kier alpha value is -1.62. The molecule has 0 aliphatic rings. The Morgan fingerprint density at radius 2 is 2.36 bits per heavy atom. The minimum Gasteiger partial charge on any atom is -0.443 e. The first-order chi connectivity index (χ1) is 6.70. The molecular weight excluding hydrogens is 180 g/mol. The molecule has 2 heterocycles. The van der Waals surface area contributed by atoms with Crippen molar-refractivity contribution >= 4 is 0 Å². The van der Waals surface area contributed by atoms with Crippen LogP contribution in [0.3, 0.4) is 0 Å². The van der Waals surface area contributed by atoms with Gasteiger partial charge >= 0.3 is 0 Å². The standard InChI is InChI=1S/C9H12N4O/c1-6-5-14-9(11-6)8-7(3-10)4-13(2)12-8/h4-5H,3,10H2,1-2H3. The average Bonchev–Trinajstić information content (AvgIpc) is 2.71. The molecule has 2 aromatic heterocycles. The number of aromatic nitrogens is 3. The predicted molar refractivity (Wildman–Crippen MR) is 51.3 cm³/mol. The van der Waals surface area contributed by atoms with Crippen molar-refractivity contribution in [3.8, 4) is 11.6 Å². The Morgan fingerprint density at radius 3 is 2.93 bits per heavy atom. The van der Waals surface area contributed by atoms with Gasteiger partial charge in [-0.15, -0.1) is 0 Å². The summed E-state index contributed by atoms with van der Waals surface area (Å²) in [5.74, 6) is 0.531. The number of aryl methyl sites for hydroxylation is 2. The van der Waals surface area contributed by atoms with E-state index in [4.69, 9.17) is 10.2 Å². The van der Waals surface area contributed by atoms with Gasteiger partial charge in [0.25, 0.3) is 0 Å². The number of nitrogens with zero attached hydrogens (tertiary/aromatic N) is 3. The van der Waals surface area contributed by atoms with E-state index in [1.165, 1.54) is 0 Å². The first-order valence-electron chi connectivity index (χ1n) is 4.36. The maximum Gasteiger partial charge on any atom is 0.247 e. The van der Waals surface area contributed by atoms with Gasteiger partial charge in [0.1, 0.15) is 6.26 Å². The second-order valence-electron chi connectivity index (χ2n) is 3.17. The molecule has 0 aromatic carbocycles. The molecule has 2 aromatic rings. The quantitative estimate of drug-likeness (QED) is 0.765. The molecule has 0 amide bonds. The highest BCUT2D eigenvalue weighted by atomic mass is 16.3. The molecule has 14 heavy (non-hydrogen) atoms. The third-order valence-electron chi connectivity index (χ3n) is 1.95. The van der Waals surface area contributed by atoms with Crippen molar-refractivity contribution in [2.75, 3.05) is 0 Å². The molecule has 5 heteroatoms. The topological polar surface area (TPSA) is 69.9 Å². The second kappa shape index (κ2) is 3.26. The third kappa shape index (κ3) is 1.42. The highest BCUT2D eigenvalue weighted by molar-refractivity contribution is 5.52. The maximum atomic E-state index is 5.59. The number of oxazole rings is 1. The Labute approximate surface area is 81.5 Å². The number of hydrogen-bond acceptors (Lipinski definition) is 4. The summed E-state index contributed by atoms with van der Waals surface area (Å²) in [6.45, 7) is 2.31. The van der Waals surface area contributed by atoms with Gasteiger partial charge < -0.3 is 10.2 Å². The smallest absolute Gasteiger partial charge is 0.247 e. The van der Waals surface area contributed by atoms with Gasteiger partial charge in [-0.3, -0.25) is 4.68 Å². The van der Waals surface area contributed by atoms with Crippen LogP contribution in [-0.4, -0.2) is 14.8 Å². The Balaban J connectivity index is 2.49. The molecule has 0 atom stereocenters. The first-order valence-corrected chi connectivity index (χ1v) is 4.36. The van der Waals surface area contributed by atoms with E-state index in [9.17, 15) is 0 Å². The lowest BCUT2D eigenvalue weighted by Crippen LogP contribution is -1.96. The van der Waals surface area contributed by atoms with Gasteiger partial charge in [-0.25, -0.2) is 4.98 Å². The van der Waals surface area contributed by atoms with E-state index in [1.807, 2.05) is 20.2 Å². The van der Waals surface area contributed by atoms with Crippen molar-refractivity contribution in [2.24, 2.45) is 12.8 Å². The second-order valence-corrected chi connectivity index (χ2v) is 3.17. The van der Waals surface area contributed by atoms with Crippen molar-refractivity contribution in [2.45, 2.75) is 13.5 Å². The van der Waals surface area contributed by atoms with E-state index in [2.05, 4.69) is 10.1 Å². The van der Waals surface area contributed by atoms with E-state index in [-0.39, 0.29) is 0 Å². The number of rotatable bonds is 2. The molecule has 74 valence electrons. The lowest BCUT2D eigenvalue weighted by atomic mass is 10.2. The van der Waals surface area contributed by atoms with E-state index in [0.717, 1.165) is 17.0 Å². The van der Waals surface area contributed by atoms with Gasteiger partial charge in [-0.05, 0) is 6.92 Å². The largest absolute Gasteiger partial charge is 0.443 e. The molecule has 2 N–H and O–H groups in total. The van der Waals surface area contributed by atoms with Crippen molar-refractivity contribution in [1.82, 2.24) is 14.8 Å². The van der Waals surface area contributed by atoms with Crippen molar-refractivity contribution in [3.63, 3.8) is 0 Å². The Bertz CT molecular complexity index is 443. The fraction of sp³-hybridized carbons (Fsp3) is 0.333. The highest BCUT2D eigenvalue weighted by Crippen LogP contribution is 2.20. The van der Waals surface area contributed by atoms with Crippen molar-refractivity contribution in [3.05, 3.63) is 23.7 Å².